The maximum absolute atomic E-state index is 5.31. The van der Waals surface area contributed by atoms with Crippen molar-refractivity contribution in [3.05, 3.63) is 16.1 Å². The van der Waals surface area contributed by atoms with Gasteiger partial charge < -0.3 is 5.32 Å². The third kappa shape index (κ3) is 4.31. The number of aromatic nitrogens is 1. The quantitative estimate of drug-likeness (QED) is 0.732. The smallest absolute Gasteiger partial charge is 0.107 e. The summed E-state index contributed by atoms with van der Waals surface area (Å²) in [6.45, 7) is 8.56. The number of nitrogens with one attached hydrogen (secondary N) is 1. The molecule has 1 aromatic rings. The monoisotopic (exact) mass is 237 g/mol. The second kappa shape index (κ2) is 7.39. The molecule has 0 aliphatic rings. The van der Waals surface area contributed by atoms with E-state index in [-0.39, 0.29) is 0 Å². The molecule has 0 bridgehead atoms. The van der Waals surface area contributed by atoms with E-state index in [1.807, 2.05) is 0 Å². The Hall–Kier alpha value is -0.890. The molecule has 1 N–H and O–H groups in total. The fourth-order valence-corrected chi connectivity index (χ4v) is 2.13. The van der Waals surface area contributed by atoms with Gasteiger partial charge in [0.05, 0.1) is 12.2 Å². The van der Waals surface area contributed by atoms with E-state index in [0.29, 0.717) is 6.54 Å². The van der Waals surface area contributed by atoms with Gasteiger partial charge in [0.15, 0.2) is 0 Å². The van der Waals surface area contributed by atoms with Crippen LogP contribution in [-0.2, 0) is 13.1 Å². The average Bonchev–Trinajstić information content (AvgIpc) is 2.73. The lowest BCUT2D eigenvalue weighted by atomic mass is 10.4. The molecular weight excluding hydrogens is 218 g/mol. The summed E-state index contributed by atoms with van der Waals surface area (Å²) in [5.74, 6) is 2.67. The third-order valence-electron chi connectivity index (χ3n) is 2.27. The highest BCUT2D eigenvalue weighted by Gasteiger charge is 2.06. The van der Waals surface area contributed by atoms with Gasteiger partial charge in [-0.15, -0.1) is 17.8 Å². The molecule has 0 saturated carbocycles. The Morgan fingerprint density at radius 1 is 1.56 bits per heavy atom. The first kappa shape index (κ1) is 13.2. The van der Waals surface area contributed by atoms with Gasteiger partial charge in [0.2, 0.25) is 0 Å². The van der Waals surface area contributed by atoms with E-state index in [1.54, 1.807) is 11.3 Å². The van der Waals surface area contributed by atoms with Gasteiger partial charge in [0.25, 0.3) is 0 Å². The first-order chi connectivity index (χ1) is 7.80. The Morgan fingerprint density at radius 2 is 2.38 bits per heavy atom. The van der Waals surface area contributed by atoms with Gasteiger partial charge in [0, 0.05) is 18.5 Å². The molecule has 3 nitrogen and oxygen atoms in total. The summed E-state index contributed by atoms with van der Waals surface area (Å²) in [5.41, 5.74) is 1.12. The highest BCUT2D eigenvalue weighted by molar-refractivity contribution is 7.09. The lowest BCUT2D eigenvalue weighted by Gasteiger charge is -2.15. The van der Waals surface area contributed by atoms with Crippen LogP contribution in [0.3, 0.4) is 0 Å². The van der Waals surface area contributed by atoms with Crippen LogP contribution in [0.15, 0.2) is 5.38 Å². The maximum atomic E-state index is 5.31. The van der Waals surface area contributed by atoms with Crippen molar-refractivity contribution < 1.29 is 0 Å². The van der Waals surface area contributed by atoms with Crippen molar-refractivity contribution in [1.29, 1.82) is 0 Å². The molecule has 16 heavy (non-hydrogen) atoms. The Morgan fingerprint density at radius 3 is 3.00 bits per heavy atom. The summed E-state index contributed by atoms with van der Waals surface area (Å²) in [6.07, 6.45) is 5.31. The van der Waals surface area contributed by atoms with Crippen molar-refractivity contribution in [2.45, 2.75) is 26.9 Å². The van der Waals surface area contributed by atoms with Crippen LogP contribution in [-0.4, -0.2) is 29.5 Å². The molecule has 88 valence electrons. The highest BCUT2D eigenvalue weighted by atomic mass is 32.1. The van der Waals surface area contributed by atoms with E-state index in [9.17, 15) is 0 Å². The Balaban J connectivity index is 2.47. The van der Waals surface area contributed by atoms with Crippen LogP contribution in [0.25, 0.3) is 0 Å². The number of hydrogen-bond acceptors (Lipinski definition) is 4. The zero-order chi connectivity index (χ0) is 11.8. The first-order valence-electron chi connectivity index (χ1n) is 5.60. The normalized spacial score (nSPS) is 10.6. The zero-order valence-corrected chi connectivity index (χ0v) is 10.8. The predicted molar refractivity (Wildman–Crippen MR) is 69.3 cm³/mol. The molecule has 1 aromatic heterocycles. The highest BCUT2D eigenvalue weighted by Crippen LogP contribution is 2.11. The van der Waals surface area contributed by atoms with Crippen LogP contribution < -0.4 is 5.32 Å². The third-order valence-corrected chi connectivity index (χ3v) is 3.17. The van der Waals surface area contributed by atoms with Gasteiger partial charge in [-0.05, 0) is 13.1 Å². The van der Waals surface area contributed by atoms with E-state index in [1.165, 1.54) is 0 Å². The van der Waals surface area contributed by atoms with E-state index in [0.717, 1.165) is 36.9 Å². The van der Waals surface area contributed by atoms with Gasteiger partial charge in [-0.3, -0.25) is 4.90 Å². The molecule has 1 rings (SSSR count). The predicted octanol–water partition coefficient (Wildman–Crippen LogP) is 1.71. The summed E-state index contributed by atoms with van der Waals surface area (Å²) >= 11 is 1.71. The number of terminal acetylenes is 1. The second-order valence-corrected chi connectivity index (χ2v) is 4.46. The van der Waals surface area contributed by atoms with Crippen molar-refractivity contribution >= 4 is 11.3 Å². The molecular formula is C12H19N3S. The van der Waals surface area contributed by atoms with Crippen LogP contribution in [0.1, 0.15) is 24.5 Å². The number of nitrogens with zero attached hydrogens (tertiary/aromatic N) is 2. The minimum absolute atomic E-state index is 0.691. The first-order valence-corrected chi connectivity index (χ1v) is 6.47. The van der Waals surface area contributed by atoms with Crippen molar-refractivity contribution in [2.24, 2.45) is 0 Å². The van der Waals surface area contributed by atoms with Gasteiger partial charge in [0.1, 0.15) is 5.01 Å². The van der Waals surface area contributed by atoms with E-state index in [2.05, 4.69) is 40.3 Å². The minimum Gasteiger partial charge on any atom is -0.311 e. The molecule has 0 aliphatic heterocycles. The van der Waals surface area contributed by atoms with Crippen molar-refractivity contribution in [3.63, 3.8) is 0 Å². The summed E-state index contributed by atoms with van der Waals surface area (Å²) in [5, 5.41) is 6.54. The number of rotatable bonds is 7. The summed E-state index contributed by atoms with van der Waals surface area (Å²) in [4.78, 5) is 6.76. The minimum atomic E-state index is 0.691. The van der Waals surface area contributed by atoms with E-state index in [4.69, 9.17) is 6.42 Å². The lowest BCUT2D eigenvalue weighted by Crippen LogP contribution is -2.23. The van der Waals surface area contributed by atoms with Crippen molar-refractivity contribution in [2.75, 3.05) is 19.6 Å². The van der Waals surface area contributed by atoms with E-state index < -0.39 is 0 Å². The Kier molecular flexibility index (Phi) is 6.09. The molecule has 0 amide bonds. The number of thiazole rings is 1. The fourth-order valence-electron chi connectivity index (χ4n) is 1.37. The molecule has 1 heterocycles. The lowest BCUT2D eigenvalue weighted by molar-refractivity contribution is 0.312. The summed E-state index contributed by atoms with van der Waals surface area (Å²) in [6, 6.07) is 0. The van der Waals surface area contributed by atoms with E-state index >= 15 is 0 Å². The van der Waals surface area contributed by atoms with Crippen LogP contribution in [0.5, 0.6) is 0 Å². The molecule has 4 heteroatoms. The Bertz CT molecular complexity index is 340. The second-order valence-electron chi connectivity index (χ2n) is 3.52. The van der Waals surface area contributed by atoms with Gasteiger partial charge in [-0.2, -0.15) is 0 Å². The molecule has 0 fully saturated rings. The molecule has 0 atom stereocenters. The molecule has 0 radical (unpaired) electrons. The van der Waals surface area contributed by atoms with Crippen LogP contribution in [0.4, 0.5) is 0 Å². The molecule has 0 aliphatic carbocycles. The van der Waals surface area contributed by atoms with Gasteiger partial charge in [-0.1, -0.05) is 19.8 Å². The topological polar surface area (TPSA) is 28.2 Å². The Labute approximate surface area is 102 Å². The SMILES string of the molecule is C#CCN(CC)Cc1csc(CNCC)n1. The van der Waals surface area contributed by atoms with Crippen LogP contribution in [0, 0.1) is 12.3 Å². The van der Waals surface area contributed by atoms with Crippen molar-refractivity contribution in [1.82, 2.24) is 15.2 Å². The van der Waals surface area contributed by atoms with Crippen molar-refractivity contribution in [3.8, 4) is 12.3 Å². The van der Waals surface area contributed by atoms with Crippen LogP contribution >= 0.6 is 11.3 Å². The zero-order valence-electron chi connectivity index (χ0n) is 9.99. The van der Waals surface area contributed by atoms with Gasteiger partial charge >= 0.3 is 0 Å². The average molecular weight is 237 g/mol. The molecule has 0 aromatic carbocycles. The van der Waals surface area contributed by atoms with Crippen LogP contribution in [0.2, 0.25) is 0 Å². The maximum Gasteiger partial charge on any atom is 0.107 e. The number of hydrogen-bond donors (Lipinski definition) is 1. The molecule has 0 unspecified atom stereocenters. The molecule has 0 saturated heterocycles. The standard InChI is InChI=1S/C12H19N3S/c1-4-7-15(6-3)9-11-10-16-12(14-11)8-13-5-2/h1,10,13H,5-9H2,2-3H3. The summed E-state index contributed by atoms with van der Waals surface area (Å²) in [7, 11) is 0. The molecule has 0 spiro atoms. The fraction of sp³-hybridized carbons (Fsp3) is 0.583. The summed E-state index contributed by atoms with van der Waals surface area (Å²) < 4.78 is 0. The largest absolute Gasteiger partial charge is 0.311 e. The van der Waals surface area contributed by atoms with Gasteiger partial charge in [-0.25, -0.2) is 4.98 Å².